The Morgan fingerprint density at radius 1 is 1.00 bits per heavy atom. The molecule has 11 nitrogen and oxygen atoms in total. The summed E-state index contributed by atoms with van der Waals surface area (Å²) in [4.78, 5) is 77.6. The molecule has 0 aromatic carbocycles. The molecule has 228 valence electrons. The Labute approximate surface area is 241 Å². The number of carbonyl (C=O) groups excluding carboxylic acids is 6. The number of hydrogen-bond donors (Lipinski definition) is 0. The first-order valence-electron chi connectivity index (χ1n) is 14.1. The van der Waals surface area contributed by atoms with Crippen LogP contribution in [0.4, 0.5) is 0 Å². The molecule has 0 bridgehead atoms. The van der Waals surface area contributed by atoms with Gasteiger partial charge >= 0.3 is 23.9 Å². The van der Waals surface area contributed by atoms with Crippen LogP contribution >= 0.6 is 0 Å². The topological polar surface area (TPSA) is 143 Å². The van der Waals surface area contributed by atoms with Gasteiger partial charge in [0, 0.05) is 45.7 Å². The minimum Gasteiger partial charge on any atom is -0.468 e. The van der Waals surface area contributed by atoms with Crippen LogP contribution in [0.3, 0.4) is 0 Å². The lowest BCUT2D eigenvalue weighted by Crippen LogP contribution is -2.69. The molecule has 0 aromatic rings. The van der Waals surface area contributed by atoms with Crippen molar-refractivity contribution in [2.45, 2.75) is 79.4 Å². The van der Waals surface area contributed by atoms with E-state index in [1.165, 1.54) is 32.8 Å². The number of carbonyl (C=O) groups is 6. The first-order valence-corrected chi connectivity index (χ1v) is 14.1. The fourth-order valence-corrected chi connectivity index (χ4v) is 7.79. The SMILES string of the molecule is COC(=O)C1(C)C(OC(C)=O)CCC2(C)C3CCC(=CC(=O)N(C)CCOC(C)=O)C(C)C3C(OC(C)=O)C(=O)C21. The number of likely N-dealkylation sites (N-methyl/N-ethyl adjacent to an activating group) is 1. The van der Waals surface area contributed by atoms with Gasteiger partial charge in [-0.05, 0) is 49.9 Å². The Morgan fingerprint density at radius 3 is 2.20 bits per heavy atom. The van der Waals surface area contributed by atoms with Gasteiger partial charge in [-0.2, -0.15) is 0 Å². The molecule has 8 atom stereocenters. The van der Waals surface area contributed by atoms with Gasteiger partial charge in [0.25, 0.3) is 0 Å². The van der Waals surface area contributed by atoms with Crippen molar-refractivity contribution in [3.63, 3.8) is 0 Å². The van der Waals surface area contributed by atoms with Gasteiger partial charge in [-0.1, -0.05) is 19.4 Å². The zero-order valence-electron chi connectivity index (χ0n) is 25.3. The molecule has 8 unspecified atom stereocenters. The number of ether oxygens (including phenoxy) is 4. The Morgan fingerprint density at radius 2 is 1.63 bits per heavy atom. The highest BCUT2D eigenvalue weighted by Gasteiger charge is 2.70. The van der Waals surface area contributed by atoms with Crippen molar-refractivity contribution in [1.29, 1.82) is 0 Å². The van der Waals surface area contributed by atoms with Gasteiger partial charge in [-0.15, -0.1) is 0 Å². The molecule has 3 fully saturated rings. The van der Waals surface area contributed by atoms with Gasteiger partial charge in [-0.3, -0.25) is 28.8 Å². The molecule has 0 aromatic heterocycles. The average Bonchev–Trinajstić information content (AvgIpc) is 2.88. The Kier molecular flexibility index (Phi) is 9.70. The molecule has 0 heterocycles. The molecule has 41 heavy (non-hydrogen) atoms. The fraction of sp³-hybridized carbons (Fsp3) is 0.733. The number of amides is 1. The third-order valence-corrected chi connectivity index (χ3v) is 9.65. The van der Waals surface area contributed by atoms with E-state index in [2.05, 4.69) is 0 Å². The van der Waals surface area contributed by atoms with Crippen LogP contribution < -0.4 is 0 Å². The van der Waals surface area contributed by atoms with Crippen molar-refractivity contribution >= 4 is 35.6 Å². The number of hydrogen-bond acceptors (Lipinski definition) is 10. The highest BCUT2D eigenvalue weighted by atomic mass is 16.6. The predicted molar refractivity (Wildman–Crippen MR) is 145 cm³/mol. The van der Waals surface area contributed by atoms with E-state index in [4.69, 9.17) is 18.9 Å². The van der Waals surface area contributed by atoms with Crippen LogP contribution in [0.1, 0.15) is 67.2 Å². The molecule has 0 spiro atoms. The van der Waals surface area contributed by atoms with Crippen LogP contribution in [0.25, 0.3) is 0 Å². The third-order valence-electron chi connectivity index (χ3n) is 9.65. The van der Waals surface area contributed by atoms with Crippen LogP contribution in [0.5, 0.6) is 0 Å². The summed E-state index contributed by atoms with van der Waals surface area (Å²) < 4.78 is 21.4. The van der Waals surface area contributed by atoms with E-state index in [9.17, 15) is 28.8 Å². The molecular formula is C30H43NO10. The maximum Gasteiger partial charge on any atom is 0.316 e. The van der Waals surface area contributed by atoms with Crippen molar-refractivity contribution in [3.8, 4) is 0 Å². The molecule has 0 saturated heterocycles. The lowest BCUT2D eigenvalue weighted by atomic mass is 9.41. The molecule has 3 saturated carbocycles. The number of fused-ring (bicyclic) bond motifs is 3. The highest BCUT2D eigenvalue weighted by molar-refractivity contribution is 5.95. The fourth-order valence-electron chi connectivity index (χ4n) is 7.79. The zero-order chi connectivity index (χ0) is 30.9. The summed E-state index contributed by atoms with van der Waals surface area (Å²) in [6.45, 7) is 9.66. The summed E-state index contributed by atoms with van der Waals surface area (Å²) in [6.07, 6.45) is 1.62. The summed E-state index contributed by atoms with van der Waals surface area (Å²) in [5.74, 6) is -4.65. The highest BCUT2D eigenvalue weighted by Crippen LogP contribution is 2.65. The summed E-state index contributed by atoms with van der Waals surface area (Å²) in [6, 6.07) is 0. The zero-order valence-corrected chi connectivity index (χ0v) is 25.3. The number of esters is 4. The quantitative estimate of drug-likeness (QED) is 0.252. The monoisotopic (exact) mass is 577 g/mol. The maximum atomic E-state index is 14.4. The van der Waals surface area contributed by atoms with Crippen LogP contribution in [-0.2, 0) is 47.7 Å². The number of ketones is 1. The number of allylic oxidation sites excluding steroid dienone is 1. The van der Waals surface area contributed by atoms with E-state index >= 15 is 0 Å². The molecule has 3 rings (SSSR count). The summed E-state index contributed by atoms with van der Waals surface area (Å²) >= 11 is 0. The van der Waals surface area contributed by atoms with Crippen LogP contribution in [0, 0.1) is 34.5 Å². The van der Waals surface area contributed by atoms with E-state index in [-0.39, 0.29) is 30.9 Å². The van der Waals surface area contributed by atoms with E-state index in [1.54, 1.807) is 20.0 Å². The van der Waals surface area contributed by atoms with Gasteiger partial charge in [0.2, 0.25) is 5.91 Å². The van der Waals surface area contributed by atoms with Crippen molar-refractivity contribution < 1.29 is 47.7 Å². The molecule has 0 aliphatic heterocycles. The molecule has 3 aliphatic carbocycles. The normalized spacial score (nSPS) is 35.4. The molecule has 0 radical (unpaired) electrons. The molecule has 11 heteroatoms. The van der Waals surface area contributed by atoms with Crippen LogP contribution in [-0.4, -0.2) is 80.0 Å². The second-order valence-electron chi connectivity index (χ2n) is 12.1. The number of Topliss-reactive ketones (excluding diaryl/α,β-unsaturated/α-hetero) is 1. The largest absolute Gasteiger partial charge is 0.468 e. The summed E-state index contributed by atoms with van der Waals surface area (Å²) in [5.41, 5.74) is -1.32. The standard InChI is InChI=1S/C30H43NO10/c1-16-20(15-23(35)31(7)13-14-39-17(2)32)9-10-21-24(16)26(41-19(4)34)25(36)27-29(21,5)12-11-22(40-18(3)33)30(27,6)28(37)38-8/h15-16,21-22,24,26-27H,9-14H2,1-8H3. The van der Waals surface area contributed by atoms with Gasteiger partial charge in [0.05, 0.1) is 13.7 Å². The van der Waals surface area contributed by atoms with Gasteiger partial charge in [0.1, 0.15) is 18.1 Å². The van der Waals surface area contributed by atoms with E-state index in [1.807, 2.05) is 13.8 Å². The van der Waals surface area contributed by atoms with Gasteiger partial charge in [0.15, 0.2) is 11.9 Å². The second-order valence-corrected chi connectivity index (χ2v) is 12.1. The second kappa shape index (κ2) is 12.3. The van der Waals surface area contributed by atoms with Crippen molar-refractivity contribution in [2.75, 3.05) is 27.3 Å². The Balaban J connectivity index is 2.02. The van der Waals surface area contributed by atoms with Gasteiger partial charge in [-0.25, -0.2) is 0 Å². The van der Waals surface area contributed by atoms with Crippen molar-refractivity contribution in [2.24, 2.45) is 34.5 Å². The predicted octanol–water partition coefficient (Wildman–Crippen LogP) is 2.64. The third kappa shape index (κ3) is 6.04. The maximum absolute atomic E-state index is 14.4. The lowest BCUT2D eigenvalue weighted by molar-refractivity contribution is -0.218. The lowest BCUT2D eigenvalue weighted by Gasteiger charge is -2.62. The Bertz CT molecular complexity index is 1130. The van der Waals surface area contributed by atoms with Crippen molar-refractivity contribution in [1.82, 2.24) is 4.90 Å². The minimum absolute atomic E-state index is 0.0804. The smallest absolute Gasteiger partial charge is 0.316 e. The Hall–Kier alpha value is -3.24. The van der Waals surface area contributed by atoms with Crippen LogP contribution in [0.2, 0.25) is 0 Å². The summed E-state index contributed by atoms with van der Waals surface area (Å²) in [7, 11) is 2.86. The summed E-state index contributed by atoms with van der Waals surface area (Å²) in [5, 5.41) is 0. The minimum atomic E-state index is -1.48. The first kappa shape index (κ1) is 32.3. The van der Waals surface area contributed by atoms with E-state index < -0.39 is 64.5 Å². The van der Waals surface area contributed by atoms with Gasteiger partial charge < -0.3 is 23.8 Å². The molecule has 3 aliphatic rings. The first-order chi connectivity index (χ1) is 19.1. The van der Waals surface area contributed by atoms with E-state index in [0.717, 1.165) is 5.57 Å². The van der Waals surface area contributed by atoms with E-state index in [0.29, 0.717) is 25.7 Å². The number of rotatable bonds is 7. The molecule has 0 N–H and O–H groups in total. The molecular weight excluding hydrogens is 534 g/mol. The average molecular weight is 578 g/mol. The number of methoxy groups -OCH3 is 1. The van der Waals surface area contributed by atoms with Crippen LogP contribution in [0.15, 0.2) is 11.6 Å². The number of nitrogens with zero attached hydrogens (tertiary/aromatic N) is 1. The molecule has 1 amide bonds. The van der Waals surface area contributed by atoms with Crippen molar-refractivity contribution in [3.05, 3.63) is 11.6 Å².